The quantitative estimate of drug-likeness (QED) is 0.135. The van der Waals surface area contributed by atoms with E-state index in [9.17, 15) is 0 Å². The van der Waals surface area contributed by atoms with Crippen molar-refractivity contribution in [3.05, 3.63) is 182 Å². The van der Waals surface area contributed by atoms with Gasteiger partial charge >= 0.3 is 0 Å². The van der Waals surface area contributed by atoms with Gasteiger partial charge in [0.2, 0.25) is 0 Å². The Bertz CT molecular complexity index is 2970. The summed E-state index contributed by atoms with van der Waals surface area (Å²) in [6.45, 7) is 0. The summed E-state index contributed by atoms with van der Waals surface area (Å²) < 4.78 is 0. The molecule has 0 amide bonds. The fourth-order valence-electron chi connectivity index (χ4n) is 8.74. The van der Waals surface area contributed by atoms with E-state index in [1.165, 1.54) is 109 Å². The summed E-state index contributed by atoms with van der Waals surface area (Å²) in [5.74, 6) is 0. The molecule has 0 saturated heterocycles. The van der Waals surface area contributed by atoms with E-state index in [1.807, 2.05) is 0 Å². The van der Waals surface area contributed by atoms with E-state index < -0.39 is 0 Å². The molecule has 0 fully saturated rings. The summed E-state index contributed by atoms with van der Waals surface area (Å²) in [4.78, 5) is 0. The van der Waals surface area contributed by atoms with Crippen LogP contribution in [0.4, 0.5) is 0 Å². The Morgan fingerprint density at radius 1 is 0.220 bits per heavy atom. The van der Waals surface area contributed by atoms with Crippen molar-refractivity contribution >= 4 is 53.9 Å². The molecule has 0 atom stereocenters. The van der Waals surface area contributed by atoms with Crippen LogP contribution in [0.3, 0.4) is 0 Å². The molecule has 1 aliphatic rings. The Kier molecular flexibility index (Phi) is 5.76. The Morgan fingerprint density at radius 2 is 0.720 bits per heavy atom. The van der Waals surface area contributed by atoms with Crippen molar-refractivity contribution in [3.63, 3.8) is 0 Å². The Labute approximate surface area is 290 Å². The Hall–Kier alpha value is -6.50. The fourth-order valence-corrected chi connectivity index (χ4v) is 8.74. The number of rotatable bonds is 3. The Morgan fingerprint density at radius 3 is 1.44 bits per heavy atom. The lowest BCUT2D eigenvalue weighted by atomic mass is 9.84. The van der Waals surface area contributed by atoms with E-state index in [4.69, 9.17) is 0 Å². The predicted octanol–water partition coefficient (Wildman–Crippen LogP) is 14.1. The average Bonchev–Trinajstić information content (AvgIpc) is 3.51. The van der Waals surface area contributed by atoms with Gasteiger partial charge in [-0.3, -0.25) is 0 Å². The number of hydrogen-bond donors (Lipinski definition) is 0. The van der Waals surface area contributed by atoms with E-state index >= 15 is 0 Å². The third-order valence-corrected chi connectivity index (χ3v) is 11.0. The van der Waals surface area contributed by atoms with Gasteiger partial charge in [0.05, 0.1) is 0 Å². The topological polar surface area (TPSA) is 0 Å². The van der Waals surface area contributed by atoms with Crippen LogP contribution in [0.2, 0.25) is 0 Å². The van der Waals surface area contributed by atoms with Crippen LogP contribution in [-0.2, 0) is 0 Å². The second-order valence-electron chi connectivity index (χ2n) is 13.6. The van der Waals surface area contributed by atoms with Crippen molar-refractivity contribution in [3.8, 4) is 55.6 Å². The highest BCUT2D eigenvalue weighted by molar-refractivity contribution is 6.23. The molecule has 10 aromatic carbocycles. The molecule has 230 valence electrons. The van der Waals surface area contributed by atoms with Crippen molar-refractivity contribution in [2.24, 2.45) is 0 Å². The zero-order chi connectivity index (χ0) is 32.8. The second-order valence-corrected chi connectivity index (χ2v) is 13.6. The molecule has 0 N–H and O–H groups in total. The highest BCUT2D eigenvalue weighted by Gasteiger charge is 2.23. The summed E-state index contributed by atoms with van der Waals surface area (Å²) in [5, 5.41) is 12.9. The van der Waals surface area contributed by atoms with Crippen molar-refractivity contribution in [1.82, 2.24) is 0 Å². The molecule has 10 aromatic rings. The monoisotopic (exact) mass is 630 g/mol. The largest absolute Gasteiger partial charge is 0.0616 e. The van der Waals surface area contributed by atoms with Gasteiger partial charge in [-0.25, -0.2) is 0 Å². The molecule has 1 aliphatic carbocycles. The number of fused-ring (bicyclic) bond motifs is 8. The first kappa shape index (κ1) is 27.5. The van der Waals surface area contributed by atoms with Crippen molar-refractivity contribution < 1.29 is 0 Å². The maximum absolute atomic E-state index is 2.43. The lowest BCUT2D eigenvalue weighted by Crippen LogP contribution is -1.91. The van der Waals surface area contributed by atoms with Crippen LogP contribution < -0.4 is 0 Å². The van der Waals surface area contributed by atoms with Gasteiger partial charge in [0.1, 0.15) is 0 Å². The average molecular weight is 631 g/mol. The maximum Gasteiger partial charge on any atom is -0.00261 e. The smallest absolute Gasteiger partial charge is 0.00261 e. The predicted molar refractivity (Wildman–Crippen MR) is 215 cm³/mol. The minimum atomic E-state index is 1.22. The van der Waals surface area contributed by atoms with E-state index in [-0.39, 0.29) is 0 Å². The second kappa shape index (κ2) is 10.5. The Balaban J connectivity index is 1.11. The van der Waals surface area contributed by atoms with Gasteiger partial charge in [0.25, 0.3) is 0 Å². The molecule has 0 aromatic heterocycles. The van der Waals surface area contributed by atoms with Crippen LogP contribution in [0, 0.1) is 0 Å². The van der Waals surface area contributed by atoms with Crippen molar-refractivity contribution in [2.45, 2.75) is 0 Å². The first-order valence-corrected chi connectivity index (χ1v) is 17.4. The molecule has 11 rings (SSSR count). The van der Waals surface area contributed by atoms with Crippen LogP contribution in [0.5, 0.6) is 0 Å². The van der Waals surface area contributed by atoms with Crippen LogP contribution in [0.1, 0.15) is 0 Å². The first-order chi connectivity index (χ1) is 24.8. The number of hydrogen-bond acceptors (Lipinski definition) is 0. The van der Waals surface area contributed by atoms with Crippen LogP contribution in [0.25, 0.3) is 109 Å². The molecule has 0 nitrogen and oxygen atoms in total. The third-order valence-electron chi connectivity index (χ3n) is 11.0. The van der Waals surface area contributed by atoms with E-state index in [0.717, 1.165) is 0 Å². The first-order valence-electron chi connectivity index (χ1n) is 17.4. The van der Waals surface area contributed by atoms with Gasteiger partial charge in [-0.15, -0.1) is 0 Å². The summed E-state index contributed by atoms with van der Waals surface area (Å²) >= 11 is 0. The van der Waals surface area contributed by atoms with E-state index in [2.05, 4.69) is 182 Å². The molecule has 50 heavy (non-hydrogen) atoms. The lowest BCUT2D eigenvalue weighted by molar-refractivity contribution is 1.63. The minimum absolute atomic E-state index is 1.22. The van der Waals surface area contributed by atoms with Gasteiger partial charge in [-0.2, -0.15) is 0 Å². The minimum Gasteiger partial charge on any atom is -0.0616 e. The maximum atomic E-state index is 2.43. The molecule has 0 heterocycles. The van der Waals surface area contributed by atoms with Crippen molar-refractivity contribution in [2.75, 3.05) is 0 Å². The van der Waals surface area contributed by atoms with Crippen LogP contribution >= 0.6 is 0 Å². The highest BCUT2D eigenvalue weighted by Crippen LogP contribution is 2.50. The third kappa shape index (κ3) is 3.94. The van der Waals surface area contributed by atoms with Gasteiger partial charge in [0, 0.05) is 0 Å². The van der Waals surface area contributed by atoms with Crippen molar-refractivity contribution in [1.29, 1.82) is 0 Å². The summed E-state index contributed by atoms with van der Waals surface area (Å²) in [6, 6.07) is 67.6. The molecule has 0 saturated carbocycles. The standard InChI is InChI=1S/C50H30/c1-2-15-38-31(10-1)22-23-35-28-34(24-26-39(35)38)33-13-7-14-36(29-33)49-42-16-3-5-18-44(42)50(45-19-6-4-17-43(45)49)37-25-27-40-41-20-8-11-32-12-9-21-46(48(32)41)47(40)30-37/h1-30H. The lowest BCUT2D eigenvalue weighted by Gasteiger charge is -2.19. The fraction of sp³-hybridized carbons (Fsp3) is 0. The SMILES string of the molecule is c1cc(-c2ccc3c(ccc4ccccc43)c2)cc(-c2c3ccccc3c(-c3ccc4c(c3)-c3cccc5cccc-4c35)c3ccccc23)c1. The zero-order valence-corrected chi connectivity index (χ0v) is 27.3. The van der Waals surface area contributed by atoms with Crippen LogP contribution in [0.15, 0.2) is 182 Å². The van der Waals surface area contributed by atoms with Gasteiger partial charge < -0.3 is 0 Å². The van der Waals surface area contributed by atoms with E-state index in [1.54, 1.807) is 0 Å². The molecule has 0 spiro atoms. The highest BCUT2D eigenvalue weighted by atomic mass is 14.3. The summed E-state index contributed by atoms with van der Waals surface area (Å²) in [6.07, 6.45) is 0. The van der Waals surface area contributed by atoms with Gasteiger partial charge in [-0.05, 0) is 128 Å². The molecular formula is C50H30. The molecule has 0 radical (unpaired) electrons. The van der Waals surface area contributed by atoms with Gasteiger partial charge in [0.15, 0.2) is 0 Å². The van der Waals surface area contributed by atoms with E-state index in [0.29, 0.717) is 0 Å². The number of benzene rings is 10. The van der Waals surface area contributed by atoms with Crippen LogP contribution in [-0.4, -0.2) is 0 Å². The zero-order valence-electron chi connectivity index (χ0n) is 27.3. The summed E-state index contributed by atoms with van der Waals surface area (Å²) in [7, 11) is 0. The molecule has 0 heteroatoms. The van der Waals surface area contributed by atoms with Gasteiger partial charge in [-0.1, -0.05) is 164 Å². The molecular weight excluding hydrogens is 601 g/mol. The molecule has 0 aliphatic heterocycles. The molecule has 0 unspecified atom stereocenters. The normalized spacial score (nSPS) is 12.0. The molecule has 0 bridgehead atoms. The summed E-state index contributed by atoms with van der Waals surface area (Å²) in [5.41, 5.74) is 12.8.